The summed E-state index contributed by atoms with van der Waals surface area (Å²) in [5.74, 6) is 1.04. The Hall–Kier alpha value is -2.67. The van der Waals surface area contributed by atoms with E-state index in [1.54, 1.807) is 12.3 Å². The van der Waals surface area contributed by atoms with Gasteiger partial charge in [0.1, 0.15) is 5.82 Å². The van der Waals surface area contributed by atoms with E-state index < -0.39 is 0 Å². The van der Waals surface area contributed by atoms with E-state index in [9.17, 15) is 9.59 Å². The van der Waals surface area contributed by atoms with Crippen molar-refractivity contribution in [1.82, 2.24) is 14.5 Å². The molecule has 2 aliphatic rings. The zero-order valence-electron chi connectivity index (χ0n) is 13.1. The number of hydrogen-bond acceptors (Lipinski definition) is 5. The van der Waals surface area contributed by atoms with Crippen molar-refractivity contribution in [1.29, 1.82) is 0 Å². The largest absolute Gasteiger partial charge is 0.383 e. The van der Waals surface area contributed by atoms with Crippen LogP contribution in [0.1, 0.15) is 5.56 Å². The molecule has 2 fully saturated rings. The van der Waals surface area contributed by atoms with Crippen LogP contribution in [0.15, 0.2) is 41.3 Å². The molecule has 124 valence electrons. The smallest absolute Gasteiger partial charge is 0.354 e. The van der Waals surface area contributed by atoms with Crippen molar-refractivity contribution >= 4 is 11.7 Å². The van der Waals surface area contributed by atoms with E-state index in [4.69, 9.17) is 11.5 Å². The maximum atomic E-state index is 11.9. The van der Waals surface area contributed by atoms with E-state index in [1.165, 1.54) is 10.1 Å². The fourth-order valence-corrected chi connectivity index (χ4v) is 3.80. The Morgan fingerprint density at radius 2 is 1.83 bits per heavy atom. The second kappa shape index (κ2) is 5.45. The van der Waals surface area contributed by atoms with Gasteiger partial charge in [-0.25, -0.2) is 4.79 Å². The van der Waals surface area contributed by atoms with E-state index in [1.807, 2.05) is 24.3 Å². The van der Waals surface area contributed by atoms with Gasteiger partial charge >= 0.3 is 5.69 Å². The zero-order chi connectivity index (χ0) is 16.8. The Labute approximate surface area is 138 Å². The zero-order valence-corrected chi connectivity index (χ0v) is 13.1. The number of nitrogen functional groups attached to an aromatic ring is 1. The highest BCUT2D eigenvalue weighted by molar-refractivity contribution is 5.80. The summed E-state index contributed by atoms with van der Waals surface area (Å²) in [7, 11) is 0. The molecule has 1 aliphatic carbocycles. The number of benzene rings is 1. The number of nitrogens with two attached hydrogens (primary N) is 2. The highest BCUT2D eigenvalue weighted by Gasteiger charge is 2.58. The number of nitrogens with zero attached hydrogens (tertiary/aromatic N) is 3. The van der Waals surface area contributed by atoms with E-state index in [0.717, 1.165) is 25.3 Å². The fraction of sp³-hybridized carbons (Fsp3) is 0.353. The minimum absolute atomic E-state index is 0.0912. The molecule has 0 bridgehead atoms. The molecule has 1 saturated carbocycles. The van der Waals surface area contributed by atoms with Gasteiger partial charge in [0, 0.05) is 31.7 Å². The molecule has 24 heavy (non-hydrogen) atoms. The summed E-state index contributed by atoms with van der Waals surface area (Å²) in [4.78, 5) is 29.2. The lowest BCUT2D eigenvalue weighted by molar-refractivity contribution is -0.120. The second-order valence-corrected chi connectivity index (χ2v) is 6.62. The van der Waals surface area contributed by atoms with Crippen molar-refractivity contribution in [2.24, 2.45) is 23.5 Å². The van der Waals surface area contributed by atoms with Crippen LogP contribution in [0, 0.1) is 17.8 Å². The van der Waals surface area contributed by atoms with Crippen LogP contribution >= 0.6 is 0 Å². The summed E-state index contributed by atoms with van der Waals surface area (Å²) in [6.07, 6.45) is 1.62. The number of hydrogen-bond donors (Lipinski definition) is 2. The van der Waals surface area contributed by atoms with Crippen molar-refractivity contribution in [3.63, 3.8) is 0 Å². The van der Waals surface area contributed by atoms with Gasteiger partial charge in [0.25, 0.3) is 0 Å². The van der Waals surface area contributed by atoms with Gasteiger partial charge in [-0.1, -0.05) is 12.1 Å². The number of piperidine rings is 1. The number of anilines is 1. The lowest BCUT2D eigenvalue weighted by Crippen LogP contribution is -2.28. The lowest BCUT2D eigenvalue weighted by atomic mass is 10.1. The van der Waals surface area contributed by atoms with Crippen LogP contribution in [0.2, 0.25) is 0 Å². The normalized spacial score (nSPS) is 25.4. The number of rotatable bonds is 4. The maximum Gasteiger partial charge on any atom is 0.354 e. The van der Waals surface area contributed by atoms with Gasteiger partial charge in [-0.15, -0.1) is 0 Å². The van der Waals surface area contributed by atoms with Gasteiger partial charge in [0.15, 0.2) is 0 Å². The first kappa shape index (κ1) is 14.9. The summed E-state index contributed by atoms with van der Waals surface area (Å²) in [5, 5.41) is 0. The van der Waals surface area contributed by atoms with E-state index in [0.29, 0.717) is 11.8 Å². The lowest BCUT2D eigenvalue weighted by Gasteiger charge is -2.19. The van der Waals surface area contributed by atoms with Gasteiger partial charge in [-0.05, 0) is 35.6 Å². The summed E-state index contributed by atoms with van der Waals surface area (Å²) in [6, 6.07) is 9.41. The molecule has 1 aromatic heterocycles. The summed E-state index contributed by atoms with van der Waals surface area (Å²) >= 11 is 0. The van der Waals surface area contributed by atoms with Crippen LogP contribution in [0.5, 0.6) is 0 Å². The predicted octanol–water partition coefficient (Wildman–Crippen LogP) is -0.0222. The van der Waals surface area contributed by atoms with E-state index >= 15 is 0 Å². The summed E-state index contributed by atoms with van der Waals surface area (Å²) in [6.45, 7) is 2.70. The van der Waals surface area contributed by atoms with Crippen LogP contribution in [-0.4, -0.2) is 33.4 Å². The molecular formula is C17H19N5O2. The molecule has 4 N–H and O–H groups in total. The number of carbonyl (C=O) groups is 1. The standard InChI is InChI=1S/C17H19N5O2/c18-14-5-6-22(17(24)20-14)11-3-1-10(2-4-11)7-21-8-12-13(9-21)15(12)16(19)23/h1-6,12-13,15H,7-9H2,(H2,19,23)(H2,18,20,24)/t12-,13+,15+. The first-order chi connectivity index (χ1) is 11.5. The van der Waals surface area contributed by atoms with Crippen LogP contribution in [0.4, 0.5) is 5.82 Å². The topological polar surface area (TPSA) is 107 Å². The van der Waals surface area contributed by atoms with E-state index in [2.05, 4.69) is 9.88 Å². The summed E-state index contributed by atoms with van der Waals surface area (Å²) < 4.78 is 1.46. The molecule has 0 radical (unpaired) electrons. The Morgan fingerprint density at radius 1 is 1.17 bits per heavy atom. The van der Waals surface area contributed by atoms with Crippen LogP contribution in [-0.2, 0) is 11.3 Å². The quantitative estimate of drug-likeness (QED) is 0.821. The van der Waals surface area contributed by atoms with Crippen molar-refractivity contribution in [3.05, 3.63) is 52.6 Å². The van der Waals surface area contributed by atoms with Crippen LogP contribution in [0.25, 0.3) is 5.69 Å². The average Bonchev–Trinajstić information content (AvgIpc) is 3.06. The molecule has 1 aliphatic heterocycles. The first-order valence-corrected chi connectivity index (χ1v) is 7.99. The number of likely N-dealkylation sites (tertiary alicyclic amines) is 1. The van der Waals surface area contributed by atoms with Crippen molar-refractivity contribution in [2.45, 2.75) is 6.54 Å². The van der Waals surface area contributed by atoms with Gasteiger partial charge in [-0.3, -0.25) is 14.3 Å². The average molecular weight is 325 g/mol. The molecule has 7 nitrogen and oxygen atoms in total. The maximum absolute atomic E-state index is 11.9. The Balaban J connectivity index is 1.42. The SMILES string of the molecule is NC(=O)[C@H]1[C@@H]2CN(Cc3ccc(-n4ccc(N)nc4=O)cc3)C[C@@H]21. The Kier molecular flexibility index (Phi) is 3.38. The molecule has 2 aromatic rings. The predicted molar refractivity (Wildman–Crippen MR) is 89.2 cm³/mol. The first-order valence-electron chi connectivity index (χ1n) is 7.99. The van der Waals surface area contributed by atoms with Gasteiger partial charge in [0.05, 0.1) is 5.69 Å². The Bertz CT molecular complexity index is 833. The van der Waals surface area contributed by atoms with Gasteiger partial charge < -0.3 is 11.5 Å². The molecule has 1 amide bonds. The molecular weight excluding hydrogens is 306 g/mol. The summed E-state index contributed by atoms with van der Waals surface area (Å²) in [5.41, 5.74) is 12.4. The number of fused-ring (bicyclic) bond motifs is 1. The van der Waals surface area contributed by atoms with Crippen molar-refractivity contribution in [3.8, 4) is 5.69 Å². The third-order valence-electron chi connectivity index (χ3n) is 5.04. The van der Waals surface area contributed by atoms with Gasteiger partial charge in [-0.2, -0.15) is 4.98 Å². The minimum Gasteiger partial charge on any atom is -0.383 e. The van der Waals surface area contributed by atoms with Crippen LogP contribution < -0.4 is 17.2 Å². The monoisotopic (exact) mass is 325 g/mol. The molecule has 3 atom stereocenters. The molecule has 0 unspecified atom stereocenters. The van der Waals surface area contributed by atoms with Crippen molar-refractivity contribution < 1.29 is 4.79 Å². The highest BCUT2D eigenvalue weighted by Crippen LogP contribution is 2.51. The molecule has 1 saturated heterocycles. The molecule has 1 aromatic carbocycles. The molecule has 0 spiro atoms. The molecule has 2 heterocycles. The molecule has 4 rings (SSSR count). The fourth-order valence-electron chi connectivity index (χ4n) is 3.80. The van der Waals surface area contributed by atoms with Crippen LogP contribution in [0.3, 0.4) is 0 Å². The van der Waals surface area contributed by atoms with E-state index in [-0.39, 0.29) is 23.3 Å². The number of aromatic nitrogens is 2. The minimum atomic E-state index is -0.389. The number of primary amides is 1. The van der Waals surface area contributed by atoms with Crippen molar-refractivity contribution in [2.75, 3.05) is 18.8 Å². The second-order valence-electron chi connectivity index (χ2n) is 6.62. The third kappa shape index (κ3) is 2.56. The third-order valence-corrected chi connectivity index (χ3v) is 5.04. The highest BCUT2D eigenvalue weighted by atomic mass is 16.1. The molecule has 7 heteroatoms. The number of carbonyl (C=O) groups excluding carboxylic acids is 1. The Morgan fingerprint density at radius 3 is 2.42 bits per heavy atom. The van der Waals surface area contributed by atoms with Gasteiger partial charge in [0.2, 0.25) is 5.91 Å². The number of amides is 1.